The summed E-state index contributed by atoms with van der Waals surface area (Å²) >= 11 is 0. The third-order valence-corrected chi connectivity index (χ3v) is 2.96. The van der Waals surface area contributed by atoms with Crippen LogP contribution in [0.25, 0.3) is 10.9 Å². The van der Waals surface area contributed by atoms with Gasteiger partial charge in [0.1, 0.15) is 5.75 Å². The first-order valence-corrected chi connectivity index (χ1v) is 5.86. The Bertz CT molecular complexity index is 505. The molecule has 0 fully saturated rings. The van der Waals surface area contributed by atoms with Crippen molar-refractivity contribution < 1.29 is 4.74 Å². The van der Waals surface area contributed by atoms with E-state index in [4.69, 9.17) is 16.2 Å². The Balaban J connectivity index is 2.54. The molecule has 0 aliphatic rings. The molecule has 0 bridgehead atoms. The molecule has 1 aromatic heterocycles. The zero-order chi connectivity index (χ0) is 12.3. The highest BCUT2D eigenvalue weighted by Crippen LogP contribution is 2.26. The highest BCUT2D eigenvalue weighted by Gasteiger charge is 2.08. The Morgan fingerprint density at radius 3 is 2.71 bits per heavy atom. The van der Waals surface area contributed by atoms with Crippen molar-refractivity contribution >= 4 is 10.9 Å². The molecule has 4 N–H and O–H groups in total. The van der Waals surface area contributed by atoms with E-state index >= 15 is 0 Å². The second-order valence-corrected chi connectivity index (χ2v) is 4.06. The fourth-order valence-corrected chi connectivity index (χ4v) is 2.15. The molecular weight excluding hydrogens is 214 g/mol. The minimum atomic E-state index is 0.628. The third kappa shape index (κ3) is 2.28. The molecule has 1 aromatic carbocycles. The van der Waals surface area contributed by atoms with Gasteiger partial charge < -0.3 is 20.8 Å². The molecule has 0 radical (unpaired) electrons. The van der Waals surface area contributed by atoms with Crippen molar-refractivity contribution in [3.63, 3.8) is 0 Å². The van der Waals surface area contributed by atoms with Crippen molar-refractivity contribution in [2.75, 3.05) is 20.2 Å². The Hall–Kier alpha value is -1.52. The summed E-state index contributed by atoms with van der Waals surface area (Å²) in [6.45, 7) is 2.10. The monoisotopic (exact) mass is 233 g/mol. The lowest BCUT2D eigenvalue weighted by atomic mass is 10.1. The summed E-state index contributed by atoms with van der Waals surface area (Å²) in [5.41, 5.74) is 13.7. The van der Waals surface area contributed by atoms with Gasteiger partial charge in [-0.1, -0.05) is 0 Å². The van der Waals surface area contributed by atoms with Gasteiger partial charge in [0, 0.05) is 30.7 Å². The number of benzene rings is 1. The maximum Gasteiger partial charge on any atom is 0.120 e. The molecule has 92 valence electrons. The fourth-order valence-electron chi connectivity index (χ4n) is 2.15. The maximum atomic E-state index is 5.63. The van der Waals surface area contributed by atoms with Gasteiger partial charge in [-0.2, -0.15) is 0 Å². The van der Waals surface area contributed by atoms with Gasteiger partial charge in [0.25, 0.3) is 0 Å². The molecule has 0 spiro atoms. The minimum absolute atomic E-state index is 0.628. The van der Waals surface area contributed by atoms with Crippen molar-refractivity contribution in [1.82, 2.24) is 4.57 Å². The van der Waals surface area contributed by atoms with Crippen molar-refractivity contribution in [2.24, 2.45) is 11.5 Å². The van der Waals surface area contributed by atoms with Crippen LogP contribution in [0, 0.1) is 0 Å². The van der Waals surface area contributed by atoms with Gasteiger partial charge in [-0.3, -0.25) is 0 Å². The van der Waals surface area contributed by atoms with Crippen LogP contribution in [0.4, 0.5) is 0 Å². The molecule has 0 aliphatic carbocycles. The summed E-state index contributed by atoms with van der Waals surface area (Å²) in [5.74, 6) is 0.869. The summed E-state index contributed by atoms with van der Waals surface area (Å²) in [4.78, 5) is 0. The van der Waals surface area contributed by atoms with E-state index in [2.05, 4.69) is 16.8 Å². The average molecular weight is 233 g/mol. The second-order valence-electron chi connectivity index (χ2n) is 4.06. The van der Waals surface area contributed by atoms with E-state index < -0.39 is 0 Å². The smallest absolute Gasteiger partial charge is 0.120 e. The Labute approximate surface area is 101 Å². The highest BCUT2D eigenvalue weighted by atomic mass is 16.5. The van der Waals surface area contributed by atoms with E-state index in [0.717, 1.165) is 18.7 Å². The normalized spacial score (nSPS) is 11.0. The van der Waals surface area contributed by atoms with Crippen LogP contribution in [-0.2, 0) is 13.0 Å². The van der Waals surface area contributed by atoms with Crippen LogP contribution in [-0.4, -0.2) is 24.8 Å². The van der Waals surface area contributed by atoms with Crippen LogP contribution in [0.1, 0.15) is 5.56 Å². The van der Waals surface area contributed by atoms with E-state index in [1.807, 2.05) is 12.1 Å². The molecule has 0 unspecified atom stereocenters. The number of rotatable bonds is 5. The topological polar surface area (TPSA) is 66.2 Å². The molecule has 2 aromatic rings. The van der Waals surface area contributed by atoms with Crippen molar-refractivity contribution in [2.45, 2.75) is 13.0 Å². The Morgan fingerprint density at radius 2 is 2.06 bits per heavy atom. The molecular formula is C13H19N3O. The molecule has 0 aliphatic heterocycles. The second kappa shape index (κ2) is 5.21. The van der Waals surface area contributed by atoms with Crippen LogP contribution in [0.2, 0.25) is 0 Å². The summed E-state index contributed by atoms with van der Waals surface area (Å²) < 4.78 is 7.42. The minimum Gasteiger partial charge on any atom is -0.497 e. The Kier molecular flexibility index (Phi) is 3.66. The van der Waals surface area contributed by atoms with Crippen LogP contribution in [0.15, 0.2) is 24.4 Å². The van der Waals surface area contributed by atoms with Gasteiger partial charge >= 0.3 is 0 Å². The number of aromatic nitrogens is 1. The van der Waals surface area contributed by atoms with E-state index in [1.165, 1.54) is 16.5 Å². The van der Waals surface area contributed by atoms with Crippen molar-refractivity contribution in [3.05, 3.63) is 30.0 Å². The maximum absolute atomic E-state index is 5.63. The molecule has 0 saturated heterocycles. The number of nitrogens with two attached hydrogens (primary N) is 2. The van der Waals surface area contributed by atoms with E-state index in [0.29, 0.717) is 13.1 Å². The molecule has 4 nitrogen and oxygen atoms in total. The summed E-state index contributed by atoms with van der Waals surface area (Å²) in [5, 5.41) is 1.24. The lowest BCUT2D eigenvalue weighted by Crippen LogP contribution is -2.08. The SMILES string of the molecule is COc1ccc2c(CCN)cn(CCN)c2c1. The van der Waals surface area contributed by atoms with Gasteiger partial charge in [0.15, 0.2) is 0 Å². The van der Waals surface area contributed by atoms with E-state index in [9.17, 15) is 0 Å². The molecule has 0 saturated carbocycles. The van der Waals surface area contributed by atoms with E-state index in [-0.39, 0.29) is 0 Å². The van der Waals surface area contributed by atoms with Gasteiger partial charge in [0.05, 0.1) is 12.6 Å². The molecule has 4 heteroatoms. The number of hydrogen-bond donors (Lipinski definition) is 2. The van der Waals surface area contributed by atoms with E-state index in [1.54, 1.807) is 7.11 Å². The van der Waals surface area contributed by atoms with Crippen LogP contribution in [0.3, 0.4) is 0 Å². The first kappa shape index (κ1) is 12.0. The van der Waals surface area contributed by atoms with Crippen LogP contribution >= 0.6 is 0 Å². The zero-order valence-corrected chi connectivity index (χ0v) is 10.1. The van der Waals surface area contributed by atoms with Crippen LogP contribution in [0.5, 0.6) is 5.75 Å². The van der Waals surface area contributed by atoms with Crippen molar-refractivity contribution in [1.29, 1.82) is 0 Å². The first-order chi connectivity index (χ1) is 8.30. The molecule has 0 atom stereocenters. The largest absolute Gasteiger partial charge is 0.497 e. The summed E-state index contributed by atoms with van der Waals surface area (Å²) in [6.07, 6.45) is 3.03. The van der Waals surface area contributed by atoms with Gasteiger partial charge in [-0.25, -0.2) is 0 Å². The molecule has 0 amide bonds. The number of fused-ring (bicyclic) bond motifs is 1. The van der Waals surface area contributed by atoms with Gasteiger partial charge in [-0.15, -0.1) is 0 Å². The quantitative estimate of drug-likeness (QED) is 0.813. The summed E-state index contributed by atoms with van der Waals surface area (Å²) in [7, 11) is 1.68. The standard InChI is InChI=1S/C13H19N3O/c1-17-11-2-3-12-10(4-5-14)9-16(7-6-15)13(12)8-11/h2-3,8-9H,4-7,14-15H2,1H3. The highest BCUT2D eigenvalue weighted by molar-refractivity contribution is 5.85. The predicted octanol–water partition coefficient (Wildman–Crippen LogP) is 1.11. The molecule has 17 heavy (non-hydrogen) atoms. The predicted molar refractivity (Wildman–Crippen MR) is 70.3 cm³/mol. The summed E-state index contributed by atoms with van der Waals surface area (Å²) in [6, 6.07) is 6.12. The Morgan fingerprint density at radius 1 is 1.24 bits per heavy atom. The number of methoxy groups -OCH3 is 1. The molecule has 2 rings (SSSR count). The lowest BCUT2D eigenvalue weighted by molar-refractivity contribution is 0.415. The fraction of sp³-hybridized carbons (Fsp3) is 0.385. The van der Waals surface area contributed by atoms with Gasteiger partial charge in [-0.05, 0) is 30.7 Å². The zero-order valence-electron chi connectivity index (χ0n) is 10.1. The first-order valence-electron chi connectivity index (χ1n) is 5.86. The van der Waals surface area contributed by atoms with Crippen molar-refractivity contribution in [3.8, 4) is 5.75 Å². The lowest BCUT2D eigenvalue weighted by Gasteiger charge is -2.04. The average Bonchev–Trinajstić information content (AvgIpc) is 2.68. The number of ether oxygens (including phenoxy) is 1. The third-order valence-electron chi connectivity index (χ3n) is 2.96. The number of hydrogen-bond acceptors (Lipinski definition) is 3. The molecule has 1 heterocycles. The van der Waals surface area contributed by atoms with Gasteiger partial charge in [0.2, 0.25) is 0 Å². The number of nitrogens with zero attached hydrogens (tertiary/aromatic N) is 1. The van der Waals surface area contributed by atoms with Crippen LogP contribution < -0.4 is 16.2 Å².